The van der Waals surface area contributed by atoms with Crippen LogP contribution in [0.15, 0.2) is 218 Å². The number of hydrogen-bond donors (Lipinski definition) is 0. The van der Waals surface area contributed by atoms with E-state index in [1.54, 1.807) is 0 Å². The number of aryl methyl sites for hydroxylation is 2. The average Bonchev–Trinajstić information content (AvgIpc) is 3.94. The molecule has 13 aromatic carbocycles. The fourth-order valence-electron chi connectivity index (χ4n) is 11.6. The van der Waals surface area contributed by atoms with Crippen LogP contribution < -0.4 is 19.3 Å². The van der Waals surface area contributed by atoms with Gasteiger partial charge in [-0.2, -0.15) is 0 Å². The molecule has 0 saturated heterocycles. The first-order valence-corrected chi connectivity index (χ1v) is 25.2. The minimum atomic E-state index is 0.620. The molecule has 72 heavy (non-hydrogen) atoms. The molecule has 0 bridgehead atoms. The van der Waals surface area contributed by atoms with Gasteiger partial charge < -0.3 is 19.3 Å². The van der Waals surface area contributed by atoms with Gasteiger partial charge in [0.2, 0.25) is 0 Å². The highest BCUT2D eigenvalue weighted by atomic mass is 16.5. The molecule has 0 fully saturated rings. The van der Waals surface area contributed by atoms with Crippen molar-refractivity contribution in [1.29, 1.82) is 0 Å². The third kappa shape index (κ3) is 6.89. The lowest BCUT2D eigenvalue weighted by Gasteiger charge is -2.27. The summed E-state index contributed by atoms with van der Waals surface area (Å²) in [7, 11) is 0. The Morgan fingerprint density at radius 3 is 0.958 bits per heavy atom. The Morgan fingerprint density at radius 2 is 0.611 bits per heavy atom. The lowest BCUT2D eigenvalue weighted by atomic mass is 9.87. The Balaban J connectivity index is 1.15. The van der Waals surface area contributed by atoms with E-state index >= 15 is 0 Å². The van der Waals surface area contributed by atoms with E-state index in [-0.39, 0.29) is 0 Å². The van der Waals surface area contributed by atoms with Crippen LogP contribution in [0.3, 0.4) is 0 Å². The molecule has 0 aliphatic rings. The lowest BCUT2D eigenvalue weighted by Crippen LogP contribution is -2.10. The van der Waals surface area contributed by atoms with Gasteiger partial charge in [0, 0.05) is 33.5 Å². The summed E-state index contributed by atoms with van der Waals surface area (Å²) in [5, 5.41) is 15.0. The molecule has 0 spiro atoms. The molecule has 0 aliphatic heterocycles. The fourth-order valence-corrected chi connectivity index (χ4v) is 11.6. The molecule has 0 saturated carbocycles. The standard InChI is InChI=1S/C68H52N2O2/c1-5-71-51-35-31-49(32-36-51)69(47-27-23-43(3)24-28-47)59-41-39-57-63-53(59)19-13-21-55(63)65-61(45-15-9-7-10-16-45)68-58-40-42-60(70(48-29-25-44(4)26-30-48)50-33-37-52(38-34-50)72-6-2)54-20-14-22-56(64(54)58)66(68)62(67(57)65)46-17-11-8-12-18-46/h7-42H,5-6H2,1-4H3. The molecule has 0 aromatic heterocycles. The van der Waals surface area contributed by atoms with Crippen molar-refractivity contribution in [2.24, 2.45) is 0 Å². The van der Waals surface area contributed by atoms with E-state index in [0.717, 1.165) is 45.6 Å². The molecule has 0 atom stereocenters. The van der Waals surface area contributed by atoms with Crippen molar-refractivity contribution in [2.45, 2.75) is 27.7 Å². The van der Waals surface area contributed by atoms with Crippen molar-refractivity contribution in [1.82, 2.24) is 0 Å². The van der Waals surface area contributed by atoms with Crippen LogP contribution in [-0.2, 0) is 0 Å². The van der Waals surface area contributed by atoms with Crippen LogP contribution in [0.4, 0.5) is 34.1 Å². The smallest absolute Gasteiger partial charge is 0.119 e. The first-order chi connectivity index (χ1) is 35.5. The first kappa shape index (κ1) is 43.2. The molecule has 4 heteroatoms. The minimum absolute atomic E-state index is 0.620. The van der Waals surface area contributed by atoms with Crippen LogP contribution in [-0.4, -0.2) is 13.2 Å². The maximum absolute atomic E-state index is 5.92. The highest BCUT2D eigenvalue weighted by Crippen LogP contribution is 2.57. The maximum Gasteiger partial charge on any atom is 0.119 e. The van der Waals surface area contributed by atoms with Gasteiger partial charge in [0.15, 0.2) is 0 Å². The van der Waals surface area contributed by atoms with Gasteiger partial charge in [0.05, 0.1) is 24.6 Å². The summed E-state index contributed by atoms with van der Waals surface area (Å²) in [4.78, 5) is 4.80. The monoisotopic (exact) mass is 928 g/mol. The number of anilines is 6. The molecular weight excluding hydrogens is 877 g/mol. The SMILES string of the molecule is CCOc1ccc(N(c2ccc(C)cc2)c2ccc3c4c(-c5ccccc5)c5c6cccc7c(N(c8ccc(C)cc8)c8ccc(OCC)cc8)ccc(c5c(-c5ccccc5)c4c4cccc2c43)c76)cc1. The first-order valence-electron chi connectivity index (χ1n) is 25.2. The van der Waals surface area contributed by atoms with Crippen molar-refractivity contribution in [2.75, 3.05) is 23.0 Å². The third-order valence-corrected chi connectivity index (χ3v) is 14.6. The number of rotatable bonds is 12. The highest BCUT2D eigenvalue weighted by Gasteiger charge is 2.30. The van der Waals surface area contributed by atoms with Crippen LogP contribution in [0.5, 0.6) is 11.5 Å². The van der Waals surface area contributed by atoms with Gasteiger partial charge in [-0.15, -0.1) is 0 Å². The van der Waals surface area contributed by atoms with Gasteiger partial charge in [0.25, 0.3) is 0 Å². The second-order valence-corrected chi connectivity index (χ2v) is 18.9. The maximum atomic E-state index is 5.92. The molecule has 4 nitrogen and oxygen atoms in total. The number of benzene rings is 11. The van der Waals surface area contributed by atoms with Gasteiger partial charge >= 0.3 is 0 Å². The number of ether oxygens (including phenoxy) is 2. The molecule has 0 unspecified atom stereocenters. The van der Waals surface area contributed by atoms with Crippen LogP contribution in [0.2, 0.25) is 0 Å². The van der Waals surface area contributed by atoms with Crippen molar-refractivity contribution in [3.8, 4) is 33.8 Å². The predicted octanol–water partition coefficient (Wildman–Crippen LogP) is 19.2. The van der Waals surface area contributed by atoms with Crippen LogP contribution in [0, 0.1) is 13.8 Å². The van der Waals surface area contributed by atoms with E-state index < -0.39 is 0 Å². The number of fused-ring (bicyclic) bond motifs is 6. The van der Waals surface area contributed by atoms with Gasteiger partial charge in [-0.3, -0.25) is 0 Å². The normalized spacial score (nSPS) is 11.7. The Bertz CT molecular complexity index is 3770. The summed E-state index contributed by atoms with van der Waals surface area (Å²) in [6.45, 7) is 9.59. The molecule has 0 heterocycles. The summed E-state index contributed by atoms with van der Waals surface area (Å²) in [5.74, 6) is 1.72. The van der Waals surface area contributed by atoms with Crippen molar-refractivity contribution < 1.29 is 9.47 Å². The summed E-state index contributed by atoms with van der Waals surface area (Å²) in [6, 6.07) is 80.4. The van der Waals surface area contributed by atoms with E-state index in [2.05, 4.69) is 242 Å². The van der Waals surface area contributed by atoms with Crippen molar-refractivity contribution in [3.05, 3.63) is 230 Å². The minimum Gasteiger partial charge on any atom is -0.494 e. The molecule has 0 amide bonds. The zero-order valence-corrected chi connectivity index (χ0v) is 40.9. The van der Waals surface area contributed by atoms with Gasteiger partial charge in [0.1, 0.15) is 11.5 Å². The quantitative estimate of drug-likeness (QED) is 0.122. The second-order valence-electron chi connectivity index (χ2n) is 18.9. The Morgan fingerprint density at radius 1 is 0.292 bits per heavy atom. The predicted molar refractivity (Wildman–Crippen MR) is 306 cm³/mol. The summed E-state index contributed by atoms with van der Waals surface area (Å²) < 4.78 is 11.8. The largest absolute Gasteiger partial charge is 0.494 e. The van der Waals surface area contributed by atoms with E-state index in [1.165, 1.54) is 98.0 Å². The van der Waals surface area contributed by atoms with E-state index in [0.29, 0.717) is 13.2 Å². The summed E-state index contributed by atoms with van der Waals surface area (Å²) in [5.41, 5.74) is 14.0. The molecule has 0 radical (unpaired) electrons. The number of hydrogen-bond acceptors (Lipinski definition) is 4. The molecule has 13 aromatic rings. The van der Waals surface area contributed by atoms with Gasteiger partial charge in [-0.05, 0) is 189 Å². The summed E-state index contributed by atoms with van der Waals surface area (Å²) in [6.07, 6.45) is 0. The fraction of sp³-hybridized carbons (Fsp3) is 0.0882. The zero-order valence-electron chi connectivity index (χ0n) is 40.9. The van der Waals surface area contributed by atoms with Crippen LogP contribution >= 0.6 is 0 Å². The van der Waals surface area contributed by atoms with E-state index in [9.17, 15) is 0 Å². The van der Waals surface area contributed by atoms with Gasteiger partial charge in [-0.1, -0.05) is 145 Å². The molecule has 346 valence electrons. The van der Waals surface area contributed by atoms with E-state index in [1.807, 2.05) is 13.8 Å². The lowest BCUT2D eigenvalue weighted by molar-refractivity contribution is 0.340. The molecule has 13 rings (SSSR count). The van der Waals surface area contributed by atoms with Crippen molar-refractivity contribution in [3.63, 3.8) is 0 Å². The zero-order chi connectivity index (χ0) is 48.5. The summed E-state index contributed by atoms with van der Waals surface area (Å²) >= 11 is 0. The molecule has 0 N–H and O–H groups in total. The Hall–Kier alpha value is -8.86. The second kappa shape index (κ2) is 17.5. The van der Waals surface area contributed by atoms with E-state index in [4.69, 9.17) is 9.47 Å². The third-order valence-electron chi connectivity index (χ3n) is 14.6. The number of nitrogens with zero attached hydrogens (tertiary/aromatic N) is 2. The van der Waals surface area contributed by atoms with Crippen LogP contribution in [0.1, 0.15) is 25.0 Å². The Kier molecular flexibility index (Phi) is 10.5. The highest BCUT2D eigenvalue weighted by molar-refractivity contribution is 6.47. The average molecular weight is 929 g/mol. The topological polar surface area (TPSA) is 24.9 Å². The molecular formula is C68H52N2O2. The Labute approximate surface area is 420 Å². The van der Waals surface area contributed by atoms with Crippen molar-refractivity contribution >= 4 is 98.8 Å². The molecule has 0 aliphatic carbocycles. The van der Waals surface area contributed by atoms with Crippen LogP contribution in [0.25, 0.3) is 86.9 Å². The van der Waals surface area contributed by atoms with Gasteiger partial charge in [-0.25, -0.2) is 0 Å².